The van der Waals surface area contributed by atoms with Crippen molar-refractivity contribution in [3.05, 3.63) is 40.5 Å². The van der Waals surface area contributed by atoms with E-state index in [9.17, 15) is 13.2 Å². The molecule has 2 aromatic rings. The van der Waals surface area contributed by atoms with Crippen molar-refractivity contribution < 1.29 is 17.9 Å². The van der Waals surface area contributed by atoms with Gasteiger partial charge in [0.1, 0.15) is 5.56 Å². The zero-order valence-electron chi connectivity index (χ0n) is 12.8. The van der Waals surface area contributed by atoms with Crippen molar-refractivity contribution in [2.75, 3.05) is 11.3 Å². The molecule has 23 heavy (non-hydrogen) atoms. The molecule has 1 aromatic heterocycles. The van der Waals surface area contributed by atoms with Gasteiger partial charge in [-0.05, 0) is 31.5 Å². The molecule has 9 heteroatoms. The maximum Gasteiger partial charge on any atom is 0.343 e. The molecule has 124 valence electrons. The molecule has 0 atom stereocenters. The molecule has 0 amide bonds. The Morgan fingerprint density at radius 1 is 1.43 bits per heavy atom. The van der Waals surface area contributed by atoms with Gasteiger partial charge in [0.25, 0.3) is 10.0 Å². The van der Waals surface area contributed by atoms with Crippen LogP contribution in [0.15, 0.2) is 29.3 Å². The summed E-state index contributed by atoms with van der Waals surface area (Å²) in [7, 11) is -2.41. The summed E-state index contributed by atoms with van der Waals surface area (Å²) in [5, 5.41) is 4.24. The lowest BCUT2D eigenvalue weighted by Gasteiger charge is -2.12. The second kappa shape index (κ2) is 6.59. The zero-order valence-corrected chi connectivity index (χ0v) is 14.4. The van der Waals surface area contributed by atoms with Crippen LogP contribution in [0.1, 0.15) is 22.8 Å². The molecule has 0 fully saturated rings. The molecule has 0 spiro atoms. The van der Waals surface area contributed by atoms with Crippen molar-refractivity contribution in [2.45, 2.75) is 18.7 Å². The number of hydrogen-bond acceptors (Lipinski definition) is 5. The van der Waals surface area contributed by atoms with E-state index in [-0.39, 0.29) is 22.9 Å². The van der Waals surface area contributed by atoms with Gasteiger partial charge in [0.15, 0.2) is 5.82 Å². The van der Waals surface area contributed by atoms with Crippen LogP contribution in [-0.2, 0) is 21.8 Å². The van der Waals surface area contributed by atoms with Gasteiger partial charge < -0.3 is 4.74 Å². The van der Waals surface area contributed by atoms with Crippen LogP contribution >= 0.6 is 11.6 Å². The molecule has 0 saturated heterocycles. The summed E-state index contributed by atoms with van der Waals surface area (Å²) in [5.41, 5.74) is 0.458. The first-order valence-corrected chi connectivity index (χ1v) is 8.61. The third-order valence-electron chi connectivity index (χ3n) is 3.17. The Bertz CT molecular complexity index is 846. The molecule has 0 aliphatic heterocycles. The Morgan fingerprint density at radius 3 is 2.78 bits per heavy atom. The summed E-state index contributed by atoms with van der Waals surface area (Å²) >= 11 is 5.97. The monoisotopic (exact) mass is 357 g/mol. The minimum absolute atomic E-state index is 0.0287. The molecule has 0 radical (unpaired) electrons. The predicted molar refractivity (Wildman–Crippen MR) is 86.2 cm³/mol. The fourth-order valence-corrected chi connectivity index (χ4v) is 3.59. The van der Waals surface area contributed by atoms with Crippen molar-refractivity contribution in [1.82, 2.24) is 9.78 Å². The number of aryl methyl sites for hydroxylation is 1. The molecule has 2 rings (SSSR count). The fourth-order valence-electron chi connectivity index (χ4n) is 1.98. The summed E-state index contributed by atoms with van der Waals surface area (Å²) in [6.07, 6.45) is 1.25. The van der Waals surface area contributed by atoms with Gasteiger partial charge in [0.05, 0.1) is 17.7 Å². The molecular formula is C14H16ClN3O4S. The van der Waals surface area contributed by atoms with E-state index in [1.165, 1.54) is 24.0 Å². The molecular weight excluding hydrogens is 342 g/mol. The van der Waals surface area contributed by atoms with Gasteiger partial charge in [-0.1, -0.05) is 17.7 Å². The second-order valence-corrected chi connectivity index (χ2v) is 6.78. The van der Waals surface area contributed by atoms with Crippen molar-refractivity contribution in [2.24, 2.45) is 7.05 Å². The quantitative estimate of drug-likeness (QED) is 0.829. The average molecular weight is 358 g/mol. The molecule has 0 unspecified atom stereocenters. The lowest BCUT2D eigenvalue weighted by Crippen LogP contribution is -2.19. The highest BCUT2D eigenvalue weighted by atomic mass is 35.5. The Labute approximate surface area is 139 Å². The summed E-state index contributed by atoms with van der Waals surface area (Å²) < 4.78 is 33.7. The summed E-state index contributed by atoms with van der Waals surface area (Å²) in [6, 6.07) is 4.58. The highest BCUT2D eigenvalue weighted by Gasteiger charge is 2.24. The third-order valence-corrected chi connectivity index (χ3v) is 5.07. The minimum atomic E-state index is -3.93. The van der Waals surface area contributed by atoms with Crippen molar-refractivity contribution in [3.8, 4) is 0 Å². The van der Waals surface area contributed by atoms with Crippen LogP contribution in [0.3, 0.4) is 0 Å². The van der Waals surface area contributed by atoms with Crippen LogP contribution in [0.2, 0.25) is 5.02 Å². The number of nitrogens with zero attached hydrogens (tertiary/aromatic N) is 2. The Morgan fingerprint density at radius 2 is 2.13 bits per heavy atom. The summed E-state index contributed by atoms with van der Waals surface area (Å²) in [6.45, 7) is 3.44. The molecule has 0 aliphatic carbocycles. The third kappa shape index (κ3) is 3.48. The number of esters is 1. The molecule has 0 saturated carbocycles. The number of ether oxygens (including phenoxy) is 1. The van der Waals surface area contributed by atoms with Gasteiger partial charge >= 0.3 is 5.97 Å². The van der Waals surface area contributed by atoms with Crippen LogP contribution in [-0.4, -0.2) is 30.8 Å². The van der Waals surface area contributed by atoms with Gasteiger partial charge in [0, 0.05) is 12.1 Å². The average Bonchev–Trinajstić information content (AvgIpc) is 2.83. The summed E-state index contributed by atoms with van der Waals surface area (Å²) in [4.78, 5) is 11.9. The van der Waals surface area contributed by atoms with Gasteiger partial charge in [-0.15, -0.1) is 0 Å². The van der Waals surface area contributed by atoms with Gasteiger partial charge in [-0.2, -0.15) is 5.10 Å². The second-order valence-electron chi connectivity index (χ2n) is 4.72. The van der Waals surface area contributed by atoms with E-state index in [2.05, 4.69) is 9.82 Å². The number of nitrogens with one attached hydrogen (secondary N) is 1. The van der Waals surface area contributed by atoms with Gasteiger partial charge in [-0.3, -0.25) is 9.40 Å². The SMILES string of the molecule is CCOC(=O)c1cnn(C)c1NS(=O)(=O)c1cccc(Cl)c1C. The number of sulfonamides is 1. The molecule has 1 heterocycles. The standard InChI is InChI=1S/C14H16ClN3O4S/c1-4-22-14(19)10-8-16-18(3)13(10)17-23(20,21)12-7-5-6-11(15)9(12)2/h5-8,17H,4H2,1-3H3. The lowest BCUT2D eigenvalue weighted by molar-refractivity contribution is 0.0527. The van der Waals surface area contributed by atoms with Crippen LogP contribution in [0.5, 0.6) is 0 Å². The molecule has 0 aliphatic rings. The lowest BCUT2D eigenvalue weighted by atomic mass is 10.2. The van der Waals surface area contributed by atoms with E-state index >= 15 is 0 Å². The molecule has 0 bridgehead atoms. The van der Waals surface area contributed by atoms with Gasteiger partial charge in [0.2, 0.25) is 0 Å². The zero-order chi connectivity index (χ0) is 17.2. The first-order valence-electron chi connectivity index (χ1n) is 6.75. The smallest absolute Gasteiger partial charge is 0.343 e. The van der Waals surface area contributed by atoms with Crippen molar-refractivity contribution >= 4 is 33.4 Å². The van der Waals surface area contributed by atoms with E-state index in [1.54, 1.807) is 26.0 Å². The summed E-state index contributed by atoms with van der Waals surface area (Å²) in [5.74, 6) is -0.621. The number of carbonyl (C=O) groups excluding carboxylic acids is 1. The van der Waals surface area contributed by atoms with E-state index in [1.807, 2.05) is 0 Å². The number of halogens is 1. The predicted octanol–water partition coefficient (Wildman–Crippen LogP) is 2.36. The largest absolute Gasteiger partial charge is 0.462 e. The maximum absolute atomic E-state index is 12.6. The van der Waals surface area contributed by atoms with E-state index in [0.717, 1.165) is 0 Å². The fraction of sp³-hybridized carbons (Fsp3) is 0.286. The molecule has 1 aromatic carbocycles. The van der Waals surface area contributed by atoms with Crippen LogP contribution in [0.25, 0.3) is 0 Å². The van der Waals surface area contributed by atoms with E-state index in [0.29, 0.717) is 10.6 Å². The minimum Gasteiger partial charge on any atom is -0.462 e. The van der Waals surface area contributed by atoms with E-state index in [4.69, 9.17) is 16.3 Å². The highest BCUT2D eigenvalue weighted by molar-refractivity contribution is 7.92. The Balaban J connectivity index is 2.44. The molecule has 1 N–H and O–H groups in total. The molecule has 7 nitrogen and oxygen atoms in total. The number of rotatable bonds is 5. The van der Waals surface area contributed by atoms with Crippen molar-refractivity contribution in [1.29, 1.82) is 0 Å². The highest BCUT2D eigenvalue weighted by Crippen LogP contribution is 2.26. The maximum atomic E-state index is 12.6. The van der Waals surface area contributed by atoms with Gasteiger partial charge in [-0.25, -0.2) is 13.2 Å². The van der Waals surface area contributed by atoms with E-state index < -0.39 is 16.0 Å². The van der Waals surface area contributed by atoms with Crippen LogP contribution in [0.4, 0.5) is 5.82 Å². The Hall–Kier alpha value is -2.06. The normalized spacial score (nSPS) is 11.3. The number of anilines is 1. The first-order chi connectivity index (χ1) is 10.8. The van der Waals surface area contributed by atoms with Crippen LogP contribution in [0, 0.1) is 6.92 Å². The Kier molecular flexibility index (Phi) is 4.96. The number of aromatic nitrogens is 2. The topological polar surface area (TPSA) is 90.3 Å². The number of benzene rings is 1. The van der Waals surface area contributed by atoms with Crippen molar-refractivity contribution in [3.63, 3.8) is 0 Å². The number of hydrogen-bond donors (Lipinski definition) is 1. The number of carbonyl (C=O) groups is 1. The first kappa shape index (κ1) is 17.3. The van der Waals surface area contributed by atoms with Crippen LogP contribution < -0.4 is 4.72 Å².